The summed E-state index contributed by atoms with van der Waals surface area (Å²) in [5.41, 5.74) is 12.9. The molecule has 0 aromatic heterocycles. The van der Waals surface area contributed by atoms with E-state index in [0.717, 1.165) is 44.5 Å². The number of hydrogen-bond acceptors (Lipinski definition) is 3. The Morgan fingerprint density at radius 3 is 0.839 bits per heavy atom. The van der Waals surface area contributed by atoms with Gasteiger partial charge in [-0.05, 0) is 89.4 Å². The van der Waals surface area contributed by atoms with Gasteiger partial charge in [0.15, 0.2) is 0 Å². The van der Waals surface area contributed by atoms with Gasteiger partial charge < -0.3 is 9.05 Å². The maximum atomic E-state index is 14.3. The highest BCUT2D eigenvalue weighted by molar-refractivity contribution is 7.34. The van der Waals surface area contributed by atoms with Crippen molar-refractivity contribution in [2.24, 2.45) is 0 Å². The molecule has 0 aliphatic rings. The van der Waals surface area contributed by atoms with Gasteiger partial charge >= 0.3 is 8.25 Å². The van der Waals surface area contributed by atoms with Gasteiger partial charge in [-0.15, -0.1) is 0 Å². The first kappa shape index (κ1) is 40.8. The van der Waals surface area contributed by atoms with Gasteiger partial charge in [-0.3, -0.25) is 0 Å². The van der Waals surface area contributed by atoms with Crippen LogP contribution in [0.1, 0.15) is 105 Å². The van der Waals surface area contributed by atoms with E-state index in [2.05, 4.69) is 192 Å². The fourth-order valence-corrected chi connectivity index (χ4v) is 7.82. The van der Waals surface area contributed by atoms with Crippen molar-refractivity contribution in [1.82, 2.24) is 0 Å². The molecule has 0 bridgehead atoms. The third kappa shape index (κ3) is 9.22. The molecule has 56 heavy (non-hydrogen) atoms. The SMILES string of the molecule is CC(C)(C)c1ccc(-c2cccc(O[PH](=O)Oc3cccc(-c4ccc(C(C)(C)C)cc4)c3-c3ccc(C(C)(C)C)cc3)c2-c2ccc(C(C)(C)C)cc2)cc1. The first-order valence-corrected chi connectivity index (χ1v) is 21.0. The molecule has 0 aliphatic heterocycles. The van der Waals surface area contributed by atoms with Crippen molar-refractivity contribution in [3.63, 3.8) is 0 Å². The van der Waals surface area contributed by atoms with Crippen LogP contribution in [0.15, 0.2) is 133 Å². The fraction of sp³-hybridized carbons (Fsp3) is 0.308. The normalized spacial score (nSPS) is 12.5. The van der Waals surface area contributed by atoms with Crippen molar-refractivity contribution in [2.75, 3.05) is 0 Å². The summed E-state index contributed by atoms with van der Waals surface area (Å²) in [4.78, 5) is 0. The van der Waals surface area contributed by atoms with Crippen molar-refractivity contribution in [3.8, 4) is 56.0 Å². The maximum Gasteiger partial charge on any atom is 0.419 e. The quantitative estimate of drug-likeness (QED) is 0.145. The van der Waals surface area contributed by atoms with Crippen LogP contribution in [0.5, 0.6) is 11.5 Å². The van der Waals surface area contributed by atoms with E-state index >= 15 is 0 Å². The second-order valence-corrected chi connectivity index (χ2v) is 20.0. The first-order chi connectivity index (χ1) is 26.2. The minimum atomic E-state index is -3.11. The average Bonchev–Trinajstić information content (AvgIpc) is 3.13. The predicted molar refractivity (Wildman–Crippen MR) is 240 cm³/mol. The summed E-state index contributed by atoms with van der Waals surface area (Å²) in [7, 11) is -3.11. The minimum absolute atomic E-state index is 0.00707. The second-order valence-electron chi connectivity index (χ2n) is 19.1. The molecule has 6 rings (SSSR count). The van der Waals surface area contributed by atoms with Crippen molar-refractivity contribution in [3.05, 3.63) is 156 Å². The summed E-state index contributed by atoms with van der Waals surface area (Å²) < 4.78 is 27.1. The molecule has 0 amide bonds. The Kier molecular flexibility index (Phi) is 11.4. The Labute approximate surface area is 337 Å². The molecule has 0 aliphatic carbocycles. The molecule has 6 aromatic rings. The van der Waals surface area contributed by atoms with Crippen LogP contribution >= 0.6 is 8.25 Å². The molecule has 3 nitrogen and oxygen atoms in total. The molecule has 0 unspecified atom stereocenters. The standard InChI is InChI=1S/C52H59O3P/c1-49(2,3)39-27-19-35(20-28-39)43-15-13-17-45(47(43)37-23-31-41(32-24-37)51(7,8)9)54-56(53)55-46-18-14-16-44(36-21-29-40(30-22-36)50(4,5)6)48(46)38-25-33-42(34-26-38)52(10,11)12/h13-34,56H,1-12H3. The third-order valence-corrected chi connectivity index (χ3v) is 11.4. The van der Waals surface area contributed by atoms with Gasteiger partial charge in [0.05, 0.1) is 0 Å². The van der Waals surface area contributed by atoms with E-state index in [-0.39, 0.29) is 21.7 Å². The summed E-state index contributed by atoms with van der Waals surface area (Å²) in [6, 6.07) is 46.7. The molecule has 0 radical (unpaired) electrons. The van der Waals surface area contributed by atoms with E-state index in [1.165, 1.54) is 22.3 Å². The number of rotatable bonds is 8. The van der Waals surface area contributed by atoms with Gasteiger partial charge in [0.2, 0.25) is 0 Å². The van der Waals surface area contributed by atoms with Crippen LogP contribution in [0.2, 0.25) is 0 Å². The molecule has 0 atom stereocenters. The predicted octanol–water partition coefficient (Wildman–Crippen LogP) is 15.4. The molecule has 0 spiro atoms. The zero-order valence-electron chi connectivity index (χ0n) is 35.4. The zero-order chi connectivity index (χ0) is 40.6. The van der Waals surface area contributed by atoms with Crippen LogP contribution in [0, 0.1) is 0 Å². The third-order valence-electron chi connectivity index (χ3n) is 10.6. The van der Waals surface area contributed by atoms with Crippen LogP contribution in [0.4, 0.5) is 0 Å². The van der Waals surface area contributed by atoms with Gasteiger partial charge in [-0.25, -0.2) is 4.57 Å². The van der Waals surface area contributed by atoms with Gasteiger partial charge in [-0.2, -0.15) is 0 Å². The summed E-state index contributed by atoms with van der Waals surface area (Å²) in [5, 5.41) is 0. The summed E-state index contributed by atoms with van der Waals surface area (Å²) in [5.74, 6) is 1.03. The monoisotopic (exact) mass is 762 g/mol. The van der Waals surface area contributed by atoms with Gasteiger partial charge in [0.25, 0.3) is 0 Å². The van der Waals surface area contributed by atoms with Crippen LogP contribution in [0.3, 0.4) is 0 Å². The topological polar surface area (TPSA) is 35.5 Å². The highest BCUT2D eigenvalue weighted by atomic mass is 31.1. The van der Waals surface area contributed by atoms with E-state index in [4.69, 9.17) is 9.05 Å². The Balaban J connectivity index is 1.43. The van der Waals surface area contributed by atoms with Crippen LogP contribution in [-0.4, -0.2) is 0 Å². The Hall–Kier alpha value is -4.85. The Morgan fingerprint density at radius 2 is 0.589 bits per heavy atom. The van der Waals surface area contributed by atoms with E-state index in [1.54, 1.807) is 0 Å². The largest absolute Gasteiger partial charge is 0.419 e. The second kappa shape index (κ2) is 15.6. The lowest BCUT2D eigenvalue weighted by Crippen LogP contribution is -2.10. The summed E-state index contributed by atoms with van der Waals surface area (Å²) >= 11 is 0. The van der Waals surface area contributed by atoms with Gasteiger partial charge in [-0.1, -0.05) is 204 Å². The molecule has 0 N–H and O–H groups in total. The summed E-state index contributed by atoms with van der Waals surface area (Å²) in [6.07, 6.45) is 0. The van der Waals surface area contributed by atoms with Gasteiger partial charge in [0.1, 0.15) is 11.5 Å². The summed E-state index contributed by atoms with van der Waals surface area (Å²) in [6.45, 7) is 26.6. The van der Waals surface area contributed by atoms with E-state index in [0.29, 0.717) is 11.5 Å². The highest BCUT2D eigenvalue weighted by Gasteiger charge is 2.23. The van der Waals surface area contributed by atoms with Crippen LogP contribution < -0.4 is 9.05 Å². The van der Waals surface area contributed by atoms with Crippen molar-refractivity contribution < 1.29 is 13.6 Å². The van der Waals surface area contributed by atoms with E-state index in [1.807, 2.05) is 24.3 Å². The molecule has 4 heteroatoms. The Morgan fingerprint density at radius 1 is 0.339 bits per heavy atom. The molecular formula is C52H59O3P. The maximum absolute atomic E-state index is 14.3. The lowest BCUT2D eigenvalue weighted by Gasteiger charge is -2.22. The minimum Gasteiger partial charge on any atom is -0.417 e. The van der Waals surface area contributed by atoms with Crippen molar-refractivity contribution >= 4 is 8.25 Å². The lowest BCUT2D eigenvalue weighted by molar-refractivity contribution is 0.417. The number of benzene rings is 6. The fourth-order valence-electron chi connectivity index (χ4n) is 7.08. The Bertz CT molecular complexity index is 2140. The smallest absolute Gasteiger partial charge is 0.417 e. The molecule has 0 saturated heterocycles. The molecular weight excluding hydrogens is 704 g/mol. The van der Waals surface area contributed by atoms with Crippen LogP contribution in [0.25, 0.3) is 44.5 Å². The average molecular weight is 763 g/mol. The van der Waals surface area contributed by atoms with Gasteiger partial charge in [0, 0.05) is 11.1 Å². The molecule has 6 aromatic carbocycles. The van der Waals surface area contributed by atoms with Crippen LogP contribution in [-0.2, 0) is 26.2 Å². The zero-order valence-corrected chi connectivity index (χ0v) is 36.4. The molecule has 290 valence electrons. The molecule has 0 heterocycles. The van der Waals surface area contributed by atoms with E-state index in [9.17, 15) is 4.57 Å². The molecule has 0 saturated carbocycles. The number of hydrogen-bond donors (Lipinski definition) is 0. The first-order valence-electron chi connectivity index (χ1n) is 19.8. The van der Waals surface area contributed by atoms with E-state index < -0.39 is 8.25 Å². The lowest BCUT2D eigenvalue weighted by atomic mass is 9.84. The van der Waals surface area contributed by atoms with Crippen molar-refractivity contribution in [1.29, 1.82) is 0 Å². The molecule has 0 fully saturated rings. The highest BCUT2D eigenvalue weighted by Crippen LogP contribution is 2.47. The van der Waals surface area contributed by atoms with Crippen molar-refractivity contribution in [2.45, 2.75) is 105 Å².